The Kier molecular flexibility index (Phi) is 5.04. The van der Waals surface area contributed by atoms with Crippen LogP contribution in [0.15, 0.2) is 22.6 Å². The topological polar surface area (TPSA) is 72.2 Å². The summed E-state index contributed by atoms with van der Waals surface area (Å²) in [5, 5.41) is 0.891. The predicted octanol–water partition coefficient (Wildman–Crippen LogP) is 3.58. The highest BCUT2D eigenvalue weighted by atomic mass is 16.6. The minimum Gasteiger partial charge on any atom is -0.463 e. The summed E-state index contributed by atoms with van der Waals surface area (Å²) in [5.74, 6) is -0.291. The molecule has 7 nitrogen and oxygen atoms in total. The Morgan fingerprint density at radius 2 is 1.78 bits per heavy atom. The minimum absolute atomic E-state index is 0.197. The molecule has 1 fully saturated rings. The molecule has 0 bridgehead atoms. The maximum Gasteiger partial charge on any atom is 0.410 e. The van der Waals surface area contributed by atoms with Gasteiger partial charge in [0.05, 0.1) is 7.11 Å². The number of anilines is 1. The molecule has 1 aromatic heterocycles. The van der Waals surface area contributed by atoms with Gasteiger partial charge in [0.15, 0.2) is 0 Å². The van der Waals surface area contributed by atoms with Crippen LogP contribution in [0.4, 0.5) is 10.5 Å². The molecular weight excluding hydrogens is 348 g/mol. The third-order valence-corrected chi connectivity index (χ3v) is 4.60. The SMILES string of the molecule is COC(=O)c1cc2c(C)c(N3CCN(C(=O)OC(C)(C)C)CC3)ccc2o1. The Morgan fingerprint density at radius 3 is 2.37 bits per heavy atom. The van der Waals surface area contributed by atoms with Gasteiger partial charge in [-0.2, -0.15) is 0 Å². The Bertz CT molecular complexity index is 857. The lowest BCUT2D eigenvalue weighted by atomic mass is 10.1. The zero-order chi connectivity index (χ0) is 19.8. The fraction of sp³-hybridized carbons (Fsp3) is 0.500. The molecule has 3 rings (SSSR count). The van der Waals surface area contributed by atoms with Crippen LogP contribution in [0.25, 0.3) is 11.0 Å². The minimum atomic E-state index is -0.492. The molecule has 1 saturated heterocycles. The molecule has 0 atom stereocenters. The number of aryl methyl sites for hydroxylation is 1. The number of esters is 1. The molecule has 0 saturated carbocycles. The number of carbonyl (C=O) groups is 2. The summed E-state index contributed by atoms with van der Waals surface area (Å²) in [6.45, 7) is 10.2. The lowest BCUT2D eigenvalue weighted by Gasteiger charge is -2.37. The second-order valence-corrected chi connectivity index (χ2v) is 7.68. The highest BCUT2D eigenvalue weighted by Gasteiger charge is 2.27. The van der Waals surface area contributed by atoms with Crippen LogP contribution >= 0.6 is 0 Å². The molecule has 0 aliphatic carbocycles. The van der Waals surface area contributed by atoms with Gasteiger partial charge in [-0.1, -0.05) is 0 Å². The molecule has 1 amide bonds. The highest BCUT2D eigenvalue weighted by molar-refractivity contribution is 5.95. The number of amides is 1. The first-order valence-corrected chi connectivity index (χ1v) is 9.04. The first-order chi connectivity index (χ1) is 12.7. The van der Waals surface area contributed by atoms with Crippen LogP contribution < -0.4 is 4.90 Å². The molecule has 146 valence electrons. The van der Waals surface area contributed by atoms with E-state index < -0.39 is 11.6 Å². The average Bonchev–Trinajstić information content (AvgIpc) is 3.05. The highest BCUT2D eigenvalue weighted by Crippen LogP contribution is 2.31. The number of methoxy groups -OCH3 is 1. The monoisotopic (exact) mass is 374 g/mol. The van der Waals surface area contributed by atoms with Crippen molar-refractivity contribution in [3.05, 3.63) is 29.5 Å². The molecule has 0 N–H and O–H groups in total. The predicted molar refractivity (Wildman–Crippen MR) is 102 cm³/mol. The second-order valence-electron chi connectivity index (χ2n) is 7.68. The Hall–Kier alpha value is -2.70. The van der Waals surface area contributed by atoms with Crippen LogP contribution in [-0.4, -0.2) is 55.9 Å². The van der Waals surface area contributed by atoms with E-state index in [0.717, 1.165) is 16.6 Å². The molecule has 0 spiro atoms. The molecule has 0 unspecified atom stereocenters. The number of piperazine rings is 1. The van der Waals surface area contributed by atoms with Gasteiger partial charge in [0.2, 0.25) is 5.76 Å². The van der Waals surface area contributed by atoms with Crippen LogP contribution in [0.1, 0.15) is 36.9 Å². The van der Waals surface area contributed by atoms with Gasteiger partial charge in [-0.05, 0) is 51.5 Å². The van der Waals surface area contributed by atoms with Gasteiger partial charge < -0.3 is 23.7 Å². The summed E-state index contributed by atoms with van der Waals surface area (Å²) in [6, 6.07) is 5.58. The number of carbonyl (C=O) groups excluding carboxylic acids is 2. The van der Waals surface area contributed by atoms with Crippen molar-refractivity contribution in [3.63, 3.8) is 0 Å². The van der Waals surface area contributed by atoms with Gasteiger partial charge in [0.25, 0.3) is 0 Å². The van der Waals surface area contributed by atoms with Gasteiger partial charge in [0.1, 0.15) is 11.2 Å². The molecule has 7 heteroatoms. The van der Waals surface area contributed by atoms with Gasteiger partial charge in [-0.25, -0.2) is 9.59 Å². The number of nitrogens with zero attached hydrogens (tertiary/aromatic N) is 2. The van der Waals surface area contributed by atoms with E-state index in [0.29, 0.717) is 31.8 Å². The standard InChI is InChI=1S/C20H26N2O5/c1-13-14-12-17(18(23)25-5)26-16(14)7-6-15(13)21-8-10-22(11-9-21)19(24)27-20(2,3)4/h6-7,12H,8-11H2,1-5H3. The molecule has 0 radical (unpaired) electrons. The van der Waals surface area contributed by atoms with Crippen LogP contribution in [0, 0.1) is 6.92 Å². The van der Waals surface area contributed by atoms with E-state index in [-0.39, 0.29) is 11.9 Å². The van der Waals surface area contributed by atoms with E-state index in [1.165, 1.54) is 7.11 Å². The lowest BCUT2D eigenvalue weighted by molar-refractivity contribution is 0.0240. The summed E-state index contributed by atoms with van der Waals surface area (Å²) in [5.41, 5.74) is 2.28. The molecule has 2 heterocycles. The zero-order valence-electron chi connectivity index (χ0n) is 16.5. The van der Waals surface area contributed by atoms with E-state index in [2.05, 4.69) is 4.90 Å². The smallest absolute Gasteiger partial charge is 0.410 e. The second kappa shape index (κ2) is 7.13. The van der Waals surface area contributed by atoms with E-state index in [1.807, 2.05) is 39.8 Å². The Balaban J connectivity index is 1.74. The van der Waals surface area contributed by atoms with Gasteiger partial charge in [0, 0.05) is 37.3 Å². The third kappa shape index (κ3) is 4.02. The quantitative estimate of drug-likeness (QED) is 0.748. The van der Waals surface area contributed by atoms with Crippen LogP contribution in [0.3, 0.4) is 0 Å². The number of fused-ring (bicyclic) bond motifs is 1. The van der Waals surface area contributed by atoms with Gasteiger partial charge in [-0.3, -0.25) is 0 Å². The third-order valence-electron chi connectivity index (χ3n) is 4.60. The Labute approximate surface area is 158 Å². The summed E-state index contributed by atoms with van der Waals surface area (Å²) in [4.78, 5) is 27.9. The number of rotatable bonds is 2. The van der Waals surface area contributed by atoms with Gasteiger partial charge >= 0.3 is 12.1 Å². The summed E-state index contributed by atoms with van der Waals surface area (Å²) >= 11 is 0. The van der Waals surface area contributed by atoms with E-state index >= 15 is 0 Å². The maximum absolute atomic E-state index is 12.2. The summed E-state index contributed by atoms with van der Waals surface area (Å²) in [7, 11) is 1.33. The fourth-order valence-electron chi connectivity index (χ4n) is 3.24. The van der Waals surface area contributed by atoms with Crippen molar-refractivity contribution >= 4 is 28.7 Å². The number of benzene rings is 1. The zero-order valence-corrected chi connectivity index (χ0v) is 16.5. The number of hydrogen-bond donors (Lipinski definition) is 0. The van der Waals surface area contributed by atoms with Gasteiger partial charge in [-0.15, -0.1) is 0 Å². The van der Waals surface area contributed by atoms with Crippen molar-refractivity contribution in [2.24, 2.45) is 0 Å². The Morgan fingerprint density at radius 1 is 1.11 bits per heavy atom. The van der Waals surface area contributed by atoms with E-state index in [1.54, 1.807) is 11.0 Å². The van der Waals surface area contributed by atoms with Crippen LogP contribution in [0.2, 0.25) is 0 Å². The summed E-state index contributed by atoms with van der Waals surface area (Å²) < 4.78 is 15.8. The average molecular weight is 374 g/mol. The number of furan rings is 1. The first kappa shape index (κ1) is 19.1. The molecular formula is C20H26N2O5. The van der Waals surface area contributed by atoms with Crippen molar-refractivity contribution in [1.82, 2.24) is 4.90 Å². The molecule has 1 aromatic carbocycles. The molecule has 1 aliphatic rings. The van der Waals surface area contributed by atoms with Crippen molar-refractivity contribution in [2.75, 3.05) is 38.2 Å². The van der Waals surface area contributed by atoms with Crippen molar-refractivity contribution in [3.8, 4) is 0 Å². The van der Waals surface area contributed by atoms with Crippen molar-refractivity contribution in [2.45, 2.75) is 33.3 Å². The van der Waals surface area contributed by atoms with E-state index in [9.17, 15) is 9.59 Å². The number of hydrogen-bond acceptors (Lipinski definition) is 6. The molecule has 2 aromatic rings. The molecule has 1 aliphatic heterocycles. The van der Waals surface area contributed by atoms with Crippen LogP contribution in [-0.2, 0) is 9.47 Å². The van der Waals surface area contributed by atoms with E-state index in [4.69, 9.17) is 13.9 Å². The van der Waals surface area contributed by atoms with Crippen LogP contribution in [0.5, 0.6) is 0 Å². The molecule has 27 heavy (non-hydrogen) atoms. The van der Waals surface area contributed by atoms with Crippen molar-refractivity contribution < 1.29 is 23.5 Å². The normalized spacial score (nSPS) is 15.1. The maximum atomic E-state index is 12.2. The number of ether oxygens (including phenoxy) is 2. The largest absolute Gasteiger partial charge is 0.463 e. The fourth-order valence-corrected chi connectivity index (χ4v) is 3.24. The van der Waals surface area contributed by atoms with Crippen molar-refractivity contribution in [1.29, 1.82) is 0 Å². The summed E-state index contributed by atoms with van der Waals surface area (Å²) in [6.07, 6.45) is -0.271. The lowest BCUT2D eigenvalue weighted by Crippen LogP contribution is -2.50. The first-order valence-electron chi connectivity index (χ1n) is 9.04.